The minimum atomic E-state index is 0.162. The van der Waals surface area contributed by atoms with Gasteiger partial charge in [0.1, 0.15) is 0 Å². The Bertz CT molecular complexity index is 291. The van der Waals surface area contributed by atoms with Crippen molar-refractivity contribution in [3.05, 3.63) is 12.2 Å². The summed E-state index contributed by atoms with van der Waals surface area (Å²) in [4.78, 5) is 11.1. The second-order valence-electron chi connectivity index (χ2n) is 7.00. The van der Waals surface area contributed by atoms with Gasteiger partial charge < -0.3 is 0 Å². The highest BCUT2D eigenvalue weighted by molar-refractivity contribution is 5.87. The molecule has 0 bridgehead atoms. The SMILES string of the molecule is CC(=O)/C=C/[C@@H]1[C@@H](C(C)(C)C)CCC1(C)C. The van der Waals surface area contributed by atoms with Crippen molar-refractivity contribution in [2.24, 2.45) is 22.7 Å². The number of rotatable bonds is 2. The first-order valence-electron chi connectivity index (χ1n) is 6.33. The van der Waals surface area contributed by atoms with Gasteiger partial charge >= 0.3 is 0 Å². The molecule has 92 valence electrons. The van der Waals surface area contributed by atoms with E-state index in [2.05, 4.69) is 40.7 Å². The molecule has 0 N–H and O–H groups in total. The highest BCUT2D eigenvalue weighted by Crippen LogP contribution is 2.53. The van der Waals surface area contributed by atoms with Crippen molar-refractivity contribution in [1.82, 2.24) is 0 Å². The molecule has 0 saturated heterocycles. The summed E-state index contributed by atoms with van der Waals surface area (Å²) >= 11 is 0. The maximum absolute atomic E-state index is 11.1. The Labute approximate surface area is 100 Å². The summed E-state index contributed by atoms with van der Waals surface area (Å²) in [6.07, 6.45) is 6.47. The van der Waals surface area contributed by atoms with Crippen molar-refractivity contribution in [3.8, 4) is 0 Å². The van der Waals surface area contributed by atoms with E-state index in [1.165, 1.54) is 12.8 Å². The smallest absolute Gasteiger partial charge is 0.152 e. The third-order valence-corrected chi connectivity index (χ3v) is 4.09. The Balaban J connectivity index is 2.93. The van der Waals surface area contributed by atoms with Crippen LogP contribution in [0, 0.1) is 22.7 Å². The van der Waals surface area contributed by atoms with Gasteiger partial charge in [-0.15, -0.1) is 0 Å². The number of allylic oxidation sites excluding steroid dienone is 2. The first-order chi connectivity index (χ1) is 7.14. The van der Waals surface area contributed by atoms with E-state index in [0.717, 1.165) is 0 Å². The summed E-state index contributed by atoms with van der Waals surface area (Å²) in [7, 11) is 0. The Morgan fingerprint density at radius 2 is 1.88 bits per heavy atom. The Morgan fingerprint density at radius 3 is 2.31 bits per heavy atom. The molecule has 0 aromatic rings. The lowest BCUT2D eigenvalue weighted by Crippen LogP contribution is -2.28. The summed E-state index contributed by atoms with van der Waals surface area (Å²) in [6.45, 7) is 13.2. The van der Waals surface area contributed by atoms with Gasteiger partial charge in [-0.2, -0.15) is 0 Å². The maximum Gasteiger partial charge on any atom is 0.152 e. The Hall–Kier alpha value is -0.590. The van der Waals surface area contributed by atoms with Crippen LogP contribution in [-0.4, -0.2) is 5.78 Å². The fraction of sp³-hybridized carbons (Fsp3) is 0.800. The summed E-state index contributed by atoms with van der Waals surface area (Å²) in [6, 6.07) is 0. The van der Waals surface area contributed by atoms with Crippen molar-refractivity contribution in [2.45, 2.75) is 54.4 Å². The number of carbonyl (C=O) groups is 1. The zero-order valence-corrected chi connectivity index (χ0v) is 11.6. The molecule has 1 rings (SSSR count). The van der Waals surface area contributed by atoms with Gasteiger partial charge in [0, 0.05) is 0 Å². The molecule has 1 aliphatic carbocycles. The van der Waals surface area contributed by atoms with Crippen molar-refractivity contribution >= 4 is 5.78 Å². The van der Waals surface area contributed by atoms with Crippen LogP contribution in [0.15, 0.2) is 12.2 Å². The minimum Gasteiger partial charge on any atom is -0.295 e. The fourth-order valence-electron chi connectivity index (χ4n) is 3.02. The molecule has 0 unspecified atom stereocenters. The van der Waals surface area contributed by atoms with Crippen LogP contribution in [0.1, 0.15) is 54.4 Å². The van der Waals surface area contributed by atoms with Gasteiger partial charge in [-0.1, -0.05) is 40.7 Å². The van der Waals surface area contributed by atoms with Gasteiger partial charge in [0.05, 0.1) is 0 Å². The second kappa shape index (κ2) is 4.35. The average molecular weight is 222 g/mol. The van der Waals surface area contributed by atoms with Gasteiger partial charge in [0.25, 0.3) is 0 Å². The lowest BCUT2D eigenvalue weighted by Gasteiger charge is -2.35. The lowest BCUT2D eigenvalue weighted by molar-refractivity contribution is -0.112. The van der Waals surface area contributed by atoms with Crippen LogP contribution in [0.4, 0.5) is 0 Å². The van der Waals surface area contributed by atoms with Crippen LogP contribution in [-0.2, 0) is 4.79 Å². The molecule has 1 saturated carbocycles. The van der Waals surface area contributed by atoms with Crippen LogP contribution in [0.2, 0.25) is 0 Å². The van der Waals surface area contributed by atoms with Gasteiger partial charge in [-0.25, -0.2) is 0 Å². The first kappa shape index (κ1) is 13.5. The number of hydrogen-bond acceptors (Lipinski definition) is 1. The predicted molar refractivity (Wildman–Crippen MR) is 69.3 cm³/mol. The molecule has 0 aromatic carbocycles. The zero-order chi connectivity index (χ0) is 12.6. The normalized spacial score (nSPS) is 29.9. The highest BCUT2D eigenvalue weighted by Gasteiger charge is 2.44. The van der Waals surface area contributed by atoms with Gasteiger partial charge in [-0.05, 0) is 48.5 Å². The van der Waals surface area contributed by atoms with Crippen LogP contribution < -0.4 is 0 Å². The first-order valence-corrected chi connectivity index (χ1v) is 6.33. The predicted octanol–water partition coefficient (Wildman–Crippen LogP) is 4.23. The molecule has 1 fully saturated rings. The van der Waals surface area contributed by atoms with Crippen LogP contribution in [0.25, 0.3) is 0 Å². The second-order valence-corrected chi connectivity index (χ2v) is 7.00. The molecular weight excluding hydrogens is 196 g/mol. The zero-order valence-electron chi connectivity index (χ0n) is 11.6. The molecule has 0 amide bonds. The topological polar surface area (TPSA) is 17.1 Å². The molecule has 0 aromatic heterocycles. The van der Waals surface area contributed by atoms with E-state index < -0.39 is 0 Å². The third-order valence-electron chi connectivity index (χ3n) is 4.09. The van der Waals surface area contributed by atoms with E-state index in [9.17, 15) is 4.79 Å². The average Bonchev–Trinajstić information content (AvgIpc) is 2.36. The Kier molecular flexibility index (Phi) is 3.66. The summed E-state index contributed by atoms with van der Waals surface area (Å²) in [5.74, 6) is 1.39. The molecule has 0 spiro atoms. The van der Waals surface area contributed by atoms with Gasteiger partial charge in [0.2, 0.25) is 0 Å². The minimum absolute atomic E-state index is 0.162. The molecule has 1 nitrogen and oxygen atoms in total. The van der Waals surface area contributed by atoms with E-state index in [4.69, 9.17) is 0 Å². The molecular formula is C15H26O. The number of carbonyl (C=O) groups excluding carboxylic acids is 1. The van der Waals surface area contributed by atoms with E-state index >= 15 is 0 Å². The summed E-state index contributed by atoms with van der Waals surface area (Å²) in [5.41, 5.74) is 0.670. The summed E-state index contributed by atoms with van der Waals surface area (Å²) < 4.78 is 0. The maximum atomic E-state index is 11.1. The third kappa shape index (κ3) is 2.96. The quantitative estimate of drug-likeness (QED) is 0.639. The summed E-state index contributed by atoms with van der Waals surface area (Å²) in [5, 5.41) is 0. The van der Waals surface area contributed by atoms with Crippen LogP contribution in [0.5, 0.6) is 0 Å². The number of hydrogen-bond donors (Lipinski definition) is 0. The van der Waals surface area contributed by atoms with Crippen molar-refractivity contribution in [1.29, 1.82) is 0 Å². The molecule has 2 atom stereocenters. The van der Waals surface area contributed by atoms with E-state index in [1.807, 2.05) is 0 Å². The Morgan fingerprint density at radius 1 is 1.31 bits per heavy atom. The monoisotopic (exact) mass is 222 g/mol. The largest absolute Gasteiger partial charge is 0.295 e. The van der Waals surface area contributed by atoms with Crippen molar-refractivity contribution in [2.75, 3.05) is 0 Å². The van der Waals surface area contributed by atoms with Gasteiger partial charge in [-0.3, -0.25) is 4.79 Å². The molecule has 0 radical (unpaired) electrons. The molecule has 0 heterocycles. The number of ketones is 1. The molecule has 1 aliphatic rings. The van der Waals surface area contributed by atoms with Gasteiger partial charge in [0.15, 0.2) is 5.78 Å². The standard InChI is InChI=1S/C15H26O/c1-11(16)7-8-13-12(14(2,3)4)9-10-15(13,5)6/h7-8,12-13H,9-10H2,1-6H3/b8-7+/t12-,13+/m0/s1. The highest BCUT2D eigenvalue weighted by atomic mass is 16.1. The van der Waals surface area contributed by atoms with Crippen LogP contribution in [0.3, 0.4) is 0 Å². The van der Waals surface area contributed by atoms with E-state index in [-0.39, 0.29) is 5.78 Å². The van der Waals surface area contributed by atoms with Crippen molar-refractivity contribution in [3.63, 3.8) is 0 Å². The molecule has 1 heteroatoms. The fourth-order valence-corrected chi connectivity index (χ4v) is 3.02. The lowest BCUT2D eigenvalue weighted by atomic mass is 9.69. The molecule has 16 heavy (non-hydrogen) atoms. The van der Waals surface area contributed by atoms with Crippen LogP contribution >= 0.6 is 0 Å². The van der Waals surface area contributed by atoms with E-state index in [0.29, 0.717) is 22.7 Å². The molecule has 0 aliphatic heterocycles. The van der Waals surface area contributed by atoms with E-state index in [1.54, 1.807) is 13.0 Å². The van der Waals surface area contributed by atoms with Crippen molar-refractivity contribution < 1.29 is 4.79 Å².